The van der Waals surface area contributed by atoms with Crippen LogP contribution in [0.4, 0.5) is 0 Å². The van der Waals surface area contributed by atoms with Gasteiger partial charge in [0.05, 0.1) is 5.60 Å². The molecule has 1 aromatic heterocycles. The van der Waals surface area contributed by atoms with E-state index in [-0.39, 0.29) is 0 Å². The van der Waals surface area contributed by atoms with E-state index in [1.54, 1.807) is 12.4 Å². The smallest absolute Gasteiger partial charge is 0.115 e. The maximum atomic E-state index is 9.79. The van der Waals surface area contributed by atoms with Gasteiger partial charge in [0.2, 0.25) is 0 Å². The fourth-order valence-electron chi connectivity index (χ4n) is 1.33. The van der Waals surface area contributed by atoms with Crippen molar-refractivity contribution in [2.75, 3.05) is 0 Å². The van der Waals surface area contributed by atoms with E-state index in [4.69, 9.17) is 0 Å². The van der Waals surface area contributed by atoms with Crippen LogP contribution in [0.5, 0.6) is 0 Å². The summed E-state index contributed by atoms with van der Waals surface area (Å²) in [6.45, 7) is 2.02. The Morgan fingerprint density at radius 3 is 2.55 bits per heavy atom. The molecule has 0 aliphatic heterocycles. The number of hydrogen-bond acceptors (Lipinski definition) is 3. The van der Waals surface area contributed by atoms with Crippen molar-refractivity contribution in [3.63, 3.8) is 0 Å². The van der Waals surface area contributed by atoms with Crippen LogP contribution in [0.25, 0.3) is 0 Å². The van der Waals surface area contributed by atoms with Crippen molar-refractivity contribution in [2.45, 2.75) is 18.9 Å². The molecule has 2 unspecified atom stereocenters. The Hall–Kier alpha value is -0.960. The fourth-order valence-corrected chi connectivity index (χ4v) is 1.33. The molecule has 1 saturated carbocycles. The number of aromatic nitrogens is 2. The van der Waals surface area contributed by atoms with Crippen LogP contribution in [0.1, 0.15) is 18.9 Å². The maximum Gasteiger partial charge on any atom is 0.115 e. The van der Waals surface area contributed by atoms with Gasteiger partial charge in [-0.3, -0.25) is 0 Å². The van der Waals surface area contributed by atoms with E-state index in [0.29, 0.717) is 5.92 Å². The van der Waals surface area contributed by atoms with E-state index in [1.807, 2.05) is 6.92 Å². The van der Waals surface area contributed by atoms with E-state index in [1.165, 1.54) is 6.33 Å². The second-order valence-corrected chi connectivity index (χ2v) is 3.16. The zero-order chi connectivity index (χ0) is 7.90. The van der Waals surface area contributed by atoms with Crippen molar-refractivity contribution < 1.29 is 5.11 Å². The Morgan fingerprint density at radius 1 is 1.55 bits per heavy atom. The quantitative estimate of drug-likeness (QED) is 0.641. The second kappa shape index (κ2) is 2.01. The Balaban J connectivity index is 2.32. The van der Waals surface area contributed by atoms with Crippen molar-refractivity contribution in [1.29, 1.82) is 0 Å². The summed E-state index contributed by atoms with van der Waals surface area (Å²) in [7, 11) is 0. The van der Waals surface area contributed by atoms with Crippen LogP contribution >= 0.6 is 0 Å². The van der Waals surface area contributed by atoms with E-state index in [9.17, 15) is 5.11 Å². The minimum Gasteiger partial charge on any atom is -0.385 e. The van der Waals surface area contributed by atoms with Crippen LogP contribution < -0.4 is 0 Å². The third kappa shape index (κ3) is 0.922. The van der Waals surface area contributed by atoms with Crippen LogP contribution in [-0.4, -0.2) is 15.1 Å². The highest BCUT2D eigenvalue weighted by Crippen LogP contribution is 2.50. The molecule has 1 N–H and O–H groups in total. The molecule has 0 bridgehead atoms. The highest BCUT2D eigenvalue weighted by molar-refractivity contribution is 5.23. The van der Waals surface area contributed by atoms with Gasteiger partial charge >= 0.3 is 0 Å². The summed E-state index contributed by atoms with van der Waals surface area (Å²) < 4.78 is 0. The zero-order valence-electron chi connectivity index (χ0n) is 6.36. The van der Waals surface area contributed by atoms with E-state index in [0.717, 1.165) is 12.0 Å². The van der Waals surface area contributed by atoms with Gasteiger partial charge in [-0.2, -0.15) is 0 Å². The lowest BCUT2D eigenvalue weighted by Crippen LogP contribution is -2.07. The van der Waals surface area contributed by atoms with Crippen LogP contribution in [-0.2, 0) is 5.60 Å². The highest BCUT2D eigenvalue weighted by atomic mass is 16.3. The molecule has 0 saturated heterocycles. The van der Waals surface area contributed by atoms with Gasteiger partial charge in [-0.05, 0) is 12.3 Å². The molecule has 1 aromatic rings. The number of nitrogens with zero attached hydrogens (tertiary/aromatic N) is 2. The molecule has 3 nitrogen and oxygen atoms in total. The number of aliphatic hydroxyl groups is 1. The minimum atomic E-state index is -0.624. The molecule has 3 heteroatoms. The topological polar surface area (TPSA) is 46.0 Å². The number of rotatable bonds is 1. The first-order chi connectivity index (χ1) is 5.23. The third-order valence-electron chi connectivity index (χ3n) is 2.33. The summed E-state index contributed by atoms with van der Waals surface area (Å²) in [6, 6.07) is 0. The SMILES string of the molecule is CC1CC1(O)c1cncnc1. The van der Waals surface area contributed by atoms with Gasteiger partial charge in [-0.1, -0.05) is 6.92 Å². The average molecular weight is 150 g/mol. The zero-order valence-corrected chi connectivity index (χ0v) is 6.36. The molecular weight excluding hydrogens is 140 g/mol. The molecule has 1 fully saturated rings. The van der Waals surface area contributed by atoms with Gasteiger partial charge in [0.15, 0.2) is 0 Å². The van der Waals surface area contributed by atoms with Crippen molar-refractivity contribution in [3.05, 3.63) is 24.3 Å². The maximum absolute atomic E-state index is 9.79. The monoisotopic (exact) mass is 150 g/mol. The van der Waals surface area contributed by atoms with Crippen molar-refractivity contribution in [3.8, 4) is 0 Å². The van der Waals surface area contributed by atoms with Gasteiger partial charge in [0, 0.05) is 18.0 Å². The first-order valence-electron chi connectivity index (χ1n) is 3.71. The molecule has 1 heterocycles. The summed E-state index contributed by atoms with van der Waals surface area (Å²) in [5.74, 6) is 0.355. The van der Waals surface area contributed by atoms with E-state index >= 15 is 0 Å². The van der Waals surface area contributed by atoms with Crippen LogP contribution in [0.15, 0.2) is 18.7 Å². The van der Waals surface area contributed by atoms with E-state index in [2.05, 4.69) is 9.97 Å². The lowest BCUT2D eigenvalue weighted by Gasteiger charge is -2.06. The molecule has 1 aliphatic rings. The van der Waals surface area contributed by atoms with Gasteiger partial charge < -0.3 is 5.11 Å². The molecule has 2 rings (SSSR count). The van der Waals surface area contributed by atoms with Crippen LogP contribution in [0, 0.1) is 5.92 Å². The number of hydrogen-bond donors (Lipinski definition) is 1. The molecule has 2 atom stereocenters. The lowest BCUT2D eigenvalue weighted by molar-refractivity contribution is 0.134. The third-order valence-corrected chi connectivity index (χ3v) is 2.33. The normalized spacial score (nSPS) is 35.3. The van der Waals surface area contributed by atoms with Gasteiger partial charge in [0.1, 0.15) is 6.33 Å². The molecule has 0 amide bonds. The Kier molecular flexibility index (Phi) is 1.23. The Morgan fingerprint density at radius 2 is 2.09 bits per heavy atom. The first kappa shape index (κ1) is 6.73. The predicted molar refractivity (Wildman–Crippen MR) is 39.7 cm³/mol. The largest absolute Gasteiger partial charge is 0.385 e. The highest BCUT2D eigenvalue weighted by Gasteiger charge is 2.51. The standard InChI is InChI=1S/C8H10N2O/c1-6-2-8(6,11)7-3-9-5-10-4-7/h3-6,11H,2H2,1H3. The van der Waals surface area contributed by atoms with Crippen molar-refractivity contribution in [2.24, 2.45) is 5.92 Å². The summed E-state index contributed by atoms with van der Waals surface area (Å²) >= 11 is 0. The Bertz CT molecular complexity index is 262. The predicted octanol–water partition coefficient (Wildman–Crippen LogP) is 0.704. The second-order valence-electron chi connectivity index (χ2n) is 3.16. The van der Waals surface area contributed by atoms with Crippen LogP contribution in [0.2, 0.25) is 0 Å². The minimum absolute atomic E-state index is 0.355. The molecule has 1 aliphatic carbocycles. The van der Waals surface area contributed by atoms with E-state index < -0.39 is 5.60 Å². The molecule has 11 heavy (non-hydrogen) atoms. The van der Waals surface area contributed by atoms with Gasteiger partial charge in [-0.15, -0.1) is 0 Å². The fraction of sp³-hybridized carbons (Fsp3) is 0.500. The molecule has 0 radical (unpaired) electrons. The average Bonchev–Trinajstić information content (AvgIpc) is 2.64. The summed E-state index contributed by atoms with van der Waals surface area (Å²) in [5.41, 5.74) is 0.217. The molecule has 0 spiro atoms. The first-order valence-corrected chi connectivity index (χ1v) is 3.71. The summed E-state index contributed by atoms with van der Waals surface area (Å²) in [5, 5.41) is 9.79. The van der Waals surface area contributed by atoms with Gasteiger partial charge in [-0.25, -0.2) is 9.97 Å². The summed E-state index contributed by atoms with van der Waals surface area (Å²) in [4.78, 5) is 7.71. The molecule has 58 valence electrons. The van der Waals surface area contributed by atoms with Gasteiger partial charge in [0.25, 0.3) is 0 Å². The molecule has 0 aromatic carbocycles. The lowest BCUT2D eigenvalue weighted by atomic mass is 10.1. The Labute approximate surface area is 65.1 Å². The van der Waals surface area contributed by atoms with Crippen molar-refractivity contribution in [1.82, 2.24) is 9.97 Å². The van der Waals surface area contributed by atoms with Crippen LogP contribution in [0.3, 0.4) is 0 Å². The van der Waals surface area contributed by atoms with Crippen molar-refractivity contribution >= 4 is 0 Å². The molecular formula is C8H10N2O. The summed E-state index contributed by atoms with van der Waals surface area (Å²) in [6.07, 6.45) is 5.66.